The summed E-state index contributed by atoms with van der Waals surface area (Å²) >= 11 is 0. The molecule has 0 N–H and O–H groups in total. The van der Waals surface area contributed by atoms with Crippen molar-refractivity contribution in [3.8, 4) is 5.75 Å². The molecule has 2 aromatic carbocycles. The standard InChI is InChI=1S/C22H25O7P/c1-26-22(21(28-29-22)17-8-13-7-14(10-17)11-18(21)9-13)16-6-5-15-3-2-4-20(19(15)12-16)27-30(23,24)25/h2-6,12-14,17-18H,7-11H2,1H3,(H2,23,24,25)/p-2. The van der Waals surface area contributed by atoms with Crippen molar-refractivity contribution in [2.75, 3.05) is 7.11 Å². The molecule has 1 atom stereocenters. The molecule has 4 saturated carbocycles. The van der Waals surface area contributed by atoms with Gasteiger partial charge in [-0.3, -0.25) is 0 Å². The molecule has 7 rings (SSSR count). The van der Waals surface area contributed by atoms with E-state index in [2.05, 4.69) is 0 Å². The maximum atomic E-state index is 11.2. The Morgan fingerprint density at radius 2 is 1.70 bits per heavy atom. The molecule has 1 saturated heterocycles. The van der Waals surface area contributed by atoms with Gasteiger partial charge in [-0.2, -0.15) is 4.89 Å². The number of hydrogen-bond donors (Lipinski definition) is 0. The summed E-state index contributed by atoms with van der Waals surface area (Å²) < 4.78 is 22.0. The molecule has 1 spiro atoms. The molecule has 4 bridgehead atoms. The molecule has 160 valence electrons. The summed E-state index contributed by atoms with van der Waals surface area (Å²) in [5.74, 6) is 1.21. The second kappa shape index (κ2) is 6.28. The first-order valence-corrected chi connectivity index (χ1v) is 12.0. The van der Waals surface area contributed by atoms with Gasteiger partial charge in [-0.05, 0) is 73.3 Å². The quantitative estimate of drug-likeness (QED) is 0.543. The lowest BCUT2D eigenvalue weighted by molar-refractivity contribution is -0.645. The van der Waals surface area contributed by atoms with Crippen molar-refractivity contribution in [2.45, 2.75) is 43.5 Å². The average Bonchev–Trinajstić information content (AvgIpc) is 2.67. The first-order valence-electron chi connectivity index (χ1n) is 10.5. The Hall–Kier alpha value is -1.47. The minimum atomic E-state index is -5.19. The third kappa shape index (κ3) is 2.48. The molecule has 1 unspecified atom stereocenters. The van der Waals surface area contributed by atoms with Crippen LogP contribution in [0.15, 0.2) is 36.4 Å². The molecule has 8 heteroatoms. The summed E-state index contributed by atoms with van der Waals surface area (Å²) in [5, 5.41) is 1.28. The molecule has 5 fully saturated rings. The highest BCUT2D eigenvalue weighted by atomic mass is 31.2. The normalized spacial score (nSPS) is 39.4. The lowest BCUT2D eigenvalue weighted by Gasteiger charge is -2.68. The number of rotatable bonds is 4. The van der Waals surface area contributed by atoms with Crippen molar-refractivity contribution in [1.29, 1.82) is 0 Å². The highest BCUT2D eigenvalue weighted by molar-refractivity contribution is 7.43. The molecule has 7 nitrogen and oxygen atoms in total. The summed E-state index contributed by atoms with van der Waals surface area (Å²) in [5.41, 5.74) is 0.212. The van der Waals surface area contributed by atoms with Crippen LogP contribution in [0.2, 0.25) is 0 Å². The first-order chi connectivity index (χ1) is 14.3. The smallest absolute Gasteiger partial charge is 0.260 e. The Balaban J connectivity index is 1.47. The second-order valence-corrected chi connectivity index (χ2v) is 10.4. The minimum Gasteiger partial charge on any atom is -0.780 e. The van der Waals surface area contributed by atoms with Crippen LogP contribution in [0.5, 0.6) is 5.75 Å². The summed E-state index contributed by atoms with van der Waals surface area (Å²) in [6.07, 6.45) is 5.82. The first kappa shape index (κ1) is 19.2. The molecule has 0 aromatic heterocycles. The van der Waals surface area contributed by atoms with E-state index in [4.69, 9.17) is 19.0 Å². The van der Waals surface area contributed by atoms with Crippen molar-refractivity contribution in [3.05, 3.63) is 42.0 Å². The Kier molecular flexibility index (Phi) is 4.03. The minimum absolute atomic E-state index is 0.00770. The molecular weight excluding hydrogens is 407 g/mol. The van der Waals surface area contributed by atoms with Gasteiger partial charge in [-0.15, -0.1) is 0 Å². The van der Waals surface area contributed by atoms with Crippen molar-refractivity contribution < 1.29 is 33.4 Å². The number of phosphoric ester groups is 1. The van der Waals surface area contributed by atoms with E-state index in [-0.39, 0.29) is 5.75 Å². The fraction of sp³-hybridized carbons (Fsp3) is 0.545. The largest absolute Gasteiger partial charge is 0.780 e. The molecule has 5 aliphatic rings. The SMILES string of the molecule is COC1(c2ccc3cccc(OP(=O)([O-])[O-])c3c2)OOC12C1CC3CC(C1)CC2C3. The monoisotopic (exact) mass is 430 g/mol. The predicted molar refractivity (Wildman–Crippen MR) is 103 cm³/mol. The van der Waals surface area contributed by atoms with Crippen LogP contribution in [-0.2, 0) is 24.9 Å². The maximum absolute atomic E-state index is 11.2. The number of fused-ring (bicyclic) bond motifs is 1. The maximum Gasteiger partial charge on any atom is 0.260 e. The van der Waals surface area contributed by atoms with Gasteiger partial charge in [0, 0.05) is 18.1 Å². The fourth-order valence-corrected chi connectivity index (χ4v) is 7.41. The van der Waals surface area contributed by atoms with E-state index in [0.717, 1.165) is 48.5 Å². The Morgan fingerprint density at radius 3 is 2.27 bits per heavy atom. The fourth-order valence-electron chi connectivity index (χ4n) is 7.01. The van der Waals surface area contributed by atoms with Crippen LogP contribution in [-0.4, -0.2) is 12.7 Å². The molecule has 30 heavy (non-hydrogen) atoms. The van der Waals surface area contributed by atoms with Crippen LogP contribution in [0.3, 0.4) is 0 Å². The lowest BCUT2D eigenvalue weighted by Crippen LogP contribution is -2.76. The zero-order valence-corrected chi connectivity index (χ0v) is 17.5. The Labute approximate surface area is 174 Å². The van der Waals surface area contributed by atoms with Crippen LogP contribution in [0.25, 0.3) is 10.8 Å². The van der Waals surface area contributed by atoms with Gasteiger partial charge in [-0.25, -0.2) is 4.89 Å². The zero-order chi connectivity index (χ0) is 20.7. The zero-order valence-electron chi connectivity index (χ0n) is 16.6. The second-order valence-electron chi connectivity index (χ2n) is 9.32. The predicted octanol–water partition coefficient (Wildman–Crippen LogP) is 3.00. The highest BCUT2D eigenvalue weighted by Crippen LogP contribution is 2.69. The van der Waals surface area contributed by atoms with Gasteiger partial charge in [-0.1, -0.05) is 24.3 Å². The molecular formula is C22H23O7P-2. The summed E-state index contributed by atoms with van der Waals surface area (Å²) in [4.78, 5) is 34.2. The van der Waals surface area contributed by atoms with Gasteiger partial charge in [0.15, 0.2) is 5.60 Å². The summed E-state index contributed by atoms with van der Waals surface area (Å²) in [6, 6.07) is 10.6. The molecule has 1 aliphatic heterocycles. The lowest BCUT2D eigenvalue weighted by atomic mass is 9.47. The molecule has 4 aliphatic carbocycles. The van der Waals surface area contributed by atoms with Crippen LogP contribution in [0.1, 0.15) is 37.7 Å². The van der Waals surface area contributed by atoms with Crippen molar-refractivity contribution in [1.82, 2.24) is 0 Å². The van der Waals surface area contributed by atoms with Gasteiger partial charge in [0.1, 0.15) is 13.6 Å². The van der Waals surface area contributed by atoms with Gasteiger partial charge in [0.05, 0.1) is 0 Å². The van der Waals surface area contributed by atoms with E-state index >= 15 is 0 Å². The summed E-state index contributed by atoms with van der Waals surface area (Å²) in [7, 11) is -3.55. The highest BCUT2D eigenvalue weighted by Gasteiger charge is 2.76. The van der Waals surface area contributed by atoms with Crippen molar-refractivity contribution in [3.63, 3.8) is 0 Å². The van der Waals surface area contributed by atoms with Crippen molar-refractivity contribution in [2.24, 2.45) is 23.7 Å². The number of phosphoric acid groups is 1. The molecule has 0 amide bonds. The van der Waals surface area contributed by atoms with Crippen LogP contribution >= 0.6 is 7.82 Å². The van der Waals surface area contributed by atoms with E-state index in [0.29, 0.717) is 17.2 Å². The van der Waals surface area contributed by atoms with E-state index < -0.39 is 19.2 Å². The van der Waals surface area contributed by atoms with E-state index in [9.17, 15) is 14.4 Å². The van der Waals surface area contributed by atoms with Gasteiger partial charge >= 0.3 is 0 Å². The topological polar surface area (TPSA) is 100 Å². The third-order valence-electron chi connectivity index (χ3n) is 7.88. The van der Waals surface area contributed by atoms with Gasteiger partial charge < -0.3 is 23.6 Å². The van der Waals surface area contributed by atoms with Crippen molar-refractivity contribution >= 4 is 18.6 Å². The van der Waals surface area contributed by atoms with Gasteiger partial charge in [0.2, 0.25) is 0 Å². The number of methoxy groups -OCH3 is 1. The van der Waals surface area contributed by atoms with E-state index in [1.54, 1.807) is 19.2 Å². The van der Waals surface area contributed by atoms with Crippen LogP contribution in [0.4, 0.5) is 0 Å². The Morgan fingerprint density at radius 1 is 1.00 bits per heavy atom. The average molecular weight is 430 g/mol. The third-order valence-corrected chi connectivity index (χ3v) is 8.30. The van der Waals surface area contributed by atoms with Gasteiger partial charge in [0.25, 0.3) is 5.79 Å². The molecule has 2 aromatic rings. The number of benzene rings is 2. The Bertz CT molecular complexity index is 1030. The number of hydrogen-bond acceptors (Lipinski definition) is 7. The molecule has 1 heterocycles. The number of ether oxygens (including phenoxy) is 1. The van der Waals surface area contributed by atoms with E-state index in [1.165, 1.54) is 12.5 Å². The molecule has 0 radical (unpaired) electrons. The van der Waals surface area contributed by atoms with Crippen LogP contribution in [0, 0.1) is 23.7 Å². The van der Waals surface area contributed by atoms with Crippen LogP contribution < -0.4 is 14.3 Å². The summed E-state index contributed by atoms with van der Waals surface area (Å²) in [6.45, 7) is 0. The van der Waals surface area contributed by atoms with E-state index in [1.807, 2.05) is 18.2 Å².